The monoisotopic (exact) mass is 282 g/mol. The zero-order valence-corrected chi connectivity index (χ0v) is 9.15. The highest BCUT2D eigenvalue weighted by molar-refractivity contribution is 9.12. The summed E-state index contributed by atoms with van der Waals surface area (Å²) in [5.74, 6) is -0.0962. The Bertz CT molecular complexity index is 211. The maximum atomic E-state index is 11.0. The number of alkyl halides is 1. The fourth-order valence-electron chi connectivity index (χ4n) is 0.507. The van der Waals surface area contributed by atoms with Gasteiger partial charge in [-0.25, -0.2) is 0 Å². The standard InChI is InChI=1S/C6H8Br2N2O/c1-10-6(4(8)3-9)5(11)2-7/h3H,2,9H2,1H3/b4-3+,10-6?. The second-order valence-corrected chi connectivity index (χ2v) is 3.06. The average Bonchev–Trinajstić information content (AvgIpc) is 2.05. The normalized spacial score (nSPS) is 13.4. The van der Waals surface area contributed by atoms with Gasteiger partial charge in [-0.1, -0.05) is 15.9 Å². The van der Waals surface area contributed by atoms with Gasteiger partial charge in [0, 0.05) is 13.2 Å². The summed E-state index contributed by atoms with van der Waals surface area (Å²) in [5.41, 5.74) is 5.54. The lowest BCUT2D eigenvalue weighted by atomic mass is 10.2. The lowest BCUT2D eigenvalue weighted by Crippen LogP contribution is -2.15. The molecule has 0 heterocycles. The van der Waals surface area contributed by atoms with Gasteiger partial charge in [0.15, 0.2) is 5.78 Å². The van der Waals surface area contributed by atoms with Gasteiger partial charge in [0.2, 0.25) is 0 Å². The fourth-order valence-corrected chi connectivity index (χ4v) is 1.17. The number of hydrogen-bond acceptors (Lipinski definition) is 3. The largest absolute Gasteiger partial charge is 0.404 e. The van der Waals surface area contributed by atoms with Crippen LogP contribution in [0.15, 0.2) is 15.7 Å². The maximum absolute atomic E-state index is 11.0. The summed E-state index contributed by atoms with van der Waals surface area (Å²) < 4.78 is 0.518. The van der Waals surface area contributed by atoms with Gasteiger partial charge in [-0.15, -0.1) is 0 Å². The van der Waals surface area contributed by atoms with Crippen molar-refractivity contribution in [2.75, 3.05) is 12.4 Å². The average molecular weight is 284 g/mol. The van der Waals surface area contributed by atoms with Crippen LogP contribution >= 0.6 is 31.9 Å². The van der Waals surface area contributed by atoms with E-state index in [1.165, 1.54) is 6.20 Å². The Balaban J connectivity index is 4.57. The van der Waals surface area contributed by atoms with Crippen molar-refractivity contribution in [3.8, 4) is 0 Å². The van der Waals surface area contributed by atoms with E-state index in [9.17, 15) is 4.79 Å². The van der Waals surface area contributed by atoms with Crippen LogP contribution in [0.25, 0.3) is 0 Å². The molecule has 0 rings (SSSR count). The third-order valence-corrected chi connectivity index (χ3v) is 2.13. The number of carbonyl (C=O) groups excluding carboxylic acids is 1. The molecule has 11 heavy (non-hydrogen) atoms. The Morgan fingerprint density at radius 1 is 1.73 bits per heavy atom. The second kappa shape index (κ2) is 5.49. The van der Waals surface area contributed by atoms with Gasteiger partial charge in [-0.3, -0.25) is 9.79 Å². The van der Waals surface area contributed by atoms with Crippen LogP contribution in [-0.2, 0) is 4.79 Å². The van der Waals surface area contributed by atoms with E-state index >= 15 is 0 Å². The molecule has 0 aromatic carbocycles. The number of nitrogens with two attached hydrogens (primary N) is 1. The number of aliphatic imine (C=N–C) groups is 1. The van der Waals surface area contributed by atoms with Crippen LogP contribution in [0.1, 0.15) is 0 Å². The first-order chi connectivity index (χ1) is 5.17. The molecular formula is C6H8Br2N2O. The number of nitrogens with zero attached hydrogens (tertiary/aromatic N) is 1. The molecule has 2 N–H and O–H groups in total. The molecule has 0 radical (unpaired) electrons. The Labute approximate surface area is 82.0 Å². The van der Waals surface area contributed by atoms with Gasteiger partial charge in [0.25, 0.3) is 0 Å². The van der Waals surface area contributed by atoms with Crippen molar-refractivity contribution in [2.45, 2.75) is 0 Å². The lowest BCUT2D eigenvalue weighted by Gasteiger charge is -1.98. The van der Waals surface area contributed by atoms with Crippen LogP contribution in [0.5, 0.6) is 0 Å². The minimum absolute atomic E-state index is 0.0962. The number of hydrogen-bond donors (Lipinski definition) is 1. The quantitative estimate of drug-likeness (QED) is 0.625. The topological polar surface area (TPSA) is 55.5 Å². The molecule has 3 nitrogen and oxygen atoms in total. The number of halogens is 2. The van der Waals surface area contributed by atoms with Crippen LogP contribution in [-0.4, -0.2) is 23.9 Å². The van der Waals surface area contributed by atoms with Crippen LogP contribution in [0.2, 0.25) is 0 Å². The highest BCUT2D eigenvalue weighted by Gasteiger charge is 2.11. The van der Waals surface area contributed by atoms with Crippen LogP contribution in [0, 0.1) is 0 Å². The molecule has 0 aliphatic heterocycles. The molecule has 62 valence electrons. The van der Waals surface area contributed by atoms with Crippen molar-refractivity contribution in [3.63, 3.8) is 0 Å². The van der Waals surface area contributed by atoms with Crippen LogP contribution < -0.4 is 5.73 Å². The molecule has 5 heteroatoms. The van der Waals surface area contributed by atoms with E-state index in [-0.39, 0.29) is 11.1 Å². The zero-order chi connectivity index (χ0) is 8.85. The summed E-state index contributed by atoms with van der Waals surface area (Å²) in [4.78, 5) is 14.8. The molecule has 0 aliphatic carbocycles. The van der Waals surface area contributed by atoms with Gasteiger partial charge < -0.3 is 5.73 Å². The van der Waals surface area contributed by atoms with Gasteiger partial charge in [-0.05, 0) is 15.9 Å². The molecular weight excluding hydrogens is 276 g/mol. The molecule has 0 aromatic rings. The minimum Gasteiger partial charge on any atom is -0.404 e. The Hall–Kier alpha value is -0.160. The summed E-state index contributed by atoms with van der Waals surface area (Å²) in [5, 5.41) is 0.253. The van der Waals surface area contributed by atoms with Crippen LogP contribution in [0.3, 0.4) is 0 Å². The van der Waals surface area contributed by atoms with Crippen molar-refractivity contribution >= 4 is 43.4 Å². The summed E-state index contributed by atoms with van der Waals surface area (Å²) in [7, 11) is 1.54. The summed E-state index contributed by atoms with van der Waals surface area (Å²) in [6, 6.07) is 0. The van der Waals surface area contributed by atoms with Gasteiger partial charge in [0.05, 0.1) is 9.81 Å². The smallest absolute Gasteiger partial charge is 0.192 e. The van der Waals surface area contributed by atoms with E-state index in [0.29, 0.717) is 10.2 Å². The third kappa shape index (κ3) is 3.16. The Morgan fingerprint density at radius 3 is 2.55 bits per heavy atom. The predicted molar refractivity (Wildman–Crippen MR) is 53.4 cm³/mol. The third-order valence-electron chi connectivity index (χ3n) is 0.982. The van der Waals surface area contributed by atoms with Crippen molar-refractivity contribution < 1.29 is 4.79 Å². The maximum Gasteiger partial charge on any atom is 0.192 e. The van der Waals surface area contributed by atoms with E-state index in [4.69, 9.17) is 5.73 Å². The first-order valence-electron chi connectivity index (χ1n) is 2.81. The van der Waals surface area contributed by atoms with E-state index < -0.39 is 0 Å². The van der Waals surface area contributed by atoms with Crippen molar-refractivity contribution in [1.82, 2.24) is 0 Å². The SMILES string of the molecule is CN=C(C(=O)CBr)/C(Br)=C\N. The Kier molecular flexibility index (Phi) is 5.41. The molecule has 0 unspecified atom stereocenters. The van der Waals surface area contributed by atoms with Gasteiger partial charge in [-0.2, -0.15) is 0 Å². The molecule has 0 fully saturated rings. The van der Waals surface area contributed by atoms with E-state index in [1.807, 2.05) is 0 Å². The first-order valence-corrected chi connectivity index (χ1v) is 4.72. The summed E-state index contributed by atoms with van der Waals surface area (Å²) in [6.45, 7) is 0. The number of ketones is 1. The highest BCUT2D eigenvalue weighted by Crippen LogP contribution is 2.07. The van der Waals surface area contributed by atoms with Gasteiger partial charge in [0.1, 0.15) is 5.71 Å². The minimum atomic E-state index is -0.0962. The van der Waals surface area contributed by atoms with Crippen molar-refractivity contribution in [1.29, 1.82) is 0 Å². The molecule has 0 atom stereocenters. The zero-order valence-electron chi connectivity index (χ0n) is 5.97. The van der Waals surface area contributed by atoms with Gasteiger partial charge >= 0.3 is 0 Å². The second-order valence-electron chi connectivity index (χ2n) is 1.64. The number of rotatable bonds is 3. The van der Waals surface area contributed by atoms with Crippen LogP contribution in [0.4, 0.5) is 0 Å². The van der Waals surface area contributed by atoms with E-state index in [2.05, 4.69) is 36.9 Å². The van der Waals surface area contributed by atoms with Crippen molar-refractivity contribution in [2.24, 2.45) is 10.7 Å². The Morgan fingerprint density at radius 2 is 2.27 bits per heavy atom. The number of allylic oxidation sites excluding steroid dienone is 1. The van der Waals surface area contributed by atoms with Crippen molar-refractivity contribution in [3.05, 3.63) is 10.7 Å². The molecule has 0 saturated heterocycles. The lowest BCUT2D eigenvalue weighted by molar-refractivity contribution is -0.110. The molecule has 0 amide bonds. The molecule has 0 spiro atoms. The fraction of sp³-hybridized carbons (Fsp3) is 0.333. The molecule has 0 aromatic heterocycles. The predicted octanol–water partition coefficient (Wildman–Crippen LogP) is 1.22. The number of carbonyl (C=O) groups is 1. The first kappa shape index (κ1) is 10.8. The summed E-state index contributed by atoms with van der Waals surface area (Å²) in [6.07, 6.45) is 1.29. The molecule has 0 aliphatic rings. The van der Waals surface area contributed by atoms with E-state index in [0.717, 1.165) is 0 Å². The molecule has 0 saturated carbocycles. The molecule has 0 bridgehead atoms. The number of Topliss-reactive ketones (excluding diaryl/α,β-unsaturated/α-hetero) is 1. The van der Waals surface area contributed by atoms with E-state index in [1.54, 1.807) is 7.05 Å². The highest BCUT2D eigenvalue weighted by atomic mass is 79.9. The summed E-state index contributed by atoms with van der Waals surface area (Å²) >= 11 is 6.14.